The lowest BCUT2D eigenvalue weighted by molar-refractivity contribution is -0.119. The van der Waals surface area contributed by atoms with Gasteiger partial charge in [-0.2, -0.15) is 0 Å². The molecule has 2 amide bonds. The maximum atomic E-state index is 12.4. The van der Waals surface area contributed by atoms with Gasteiger partial charge >= 0.3 is 5.97 Å². The molecule has 0 atom stereocenters. The van der Waals surface area contributed by atoms with Crippen LogP contribution in [0.5, 0.6) is 11.5 Å². The van der Waals surface area contributed by atoms with Crippen LogP contribution in [0.15, 0.2) is 42.5 Å². The third-order valence-corrected chi connectivity index (χ3v) is 3.61. The van der Waals surface area contributed by atoms with Crippen molar-refractivity contribution < 1.29 is 28.6 Å². The second-order valence-corrected chi connectivity index (χ2v) is 5.79. The van der Waals surface area contributed by atoms with E-state index in [4.69, 9.17) is 19.9 Å². The van der Waals surface area contributed by atoms with E-state index >= 15 is 0 Å². The van der Waals surface area contributed by atoms with E-state index in [-0.39, 0.29) is 12.5 Å². The fourth-order valence-corrected chi connectivity index (χ4v) is 2.25. The van der Waals surface area contributed by atoms with Gasteiger partial charge in [0.05, 0.1) is 19.3 Å². The van der Waals surface area contributed by atoms with Crippen molar-refractivity contribution in [3.05, 3.63) is 53.6 Å². The molecule has 0 aliphatic carbocycles. The summed E-state index contributed by atoms with van der Waals surface area (Å²) in [6, 6.07) is 10.9. The molecule has 0 saturated carbocycles. The SMILES string of the molecule is CCCOC(=O)c1ccc(NC(=O)c2ccc(OCC(N)=O)c(OC)c2)cc1. The Kier molecular flexibility index (Phi) is 7.38. The molecule has 2 aromatic carbocycles. The number of hydrogen-bond donors (Lipinski definition) is 2. The molecule has 8 nitrogen and oxygen atoms in total. The molecule has 0 spiro atoms. The number of nitrogens with one attached hydrogen (secondary N) is 1. The van der Waals surface area contributed by atoms with Crippen molar-refractivity contribution in [2.45, 2.75) is 13.3 Å². The molecule has 0 bridgehead atoms. The summed E-state index contributed by atoms with van der Waals surface area (Å²) in [5.41, 5.74) is 6.30. The van der Waals surface area contributed by atoms with Crippen LogP contribution in [0.2, 0.25) is 0 Å². The van der Waals surface area contributed by atoms with E-state index in [0.29, 0.717) is 34.9 Å². The van der Waals surface area contributed by atoms with Crippen molar-refractivity contribution in [1.29, 1.82) is 0 Å². The lowest BCUT2D eigenvalue weighted by Gasteiger charge is -2.11. The first-order chi connectivity index (χ1) is 13.4. The molecule has 28 heavy (non-hydrogen) atoms. The molecule has 0 aliphatic heterocycles. The predicted molar refractivity (Wildman–Crippen MR) is 103 cm³/mol. The quantitative estimate of drug-likeness (QED) is 0.639. The highest BCUT2D eigenvalue weighted by Crippen LogP contribution is 2.28. The van der Waals surface area contributed by atoms with Crippen LogP contribution in [0.3, 0.4) is 0 Å². The van der Waals surface area contributed by atoms with E-state index in [2.05, 4.69) is 5.32 Å². The number of rotatable bonds is 9. The molecule has 0 fully saturated rings. The number of nitrogens with two attached hydrogens (primary N) is 1. The van der Waals surface area contributed by atoms with Gasteiger partial charge in [-0.25, -0.2) is 4.79 Å². The molecule has 0 saturated heterocycles. The zero-order valence-corrected chi connectivity index (χ0v) is 15.7. The summed E-state index contributed by atoms with van der Waals surface area (Å²) >= 11 is 0. The second-order valence-electron chi connectivity index (χ2n) is 5.79. The van der Waals surface area contributed by atoms with E-state index in [1.807, 2.05) is 6.92 Å². The summed E-state index contributed by atoms with van der Waals surface area (Å²) in [7, 11) is 1.42. The van der Waals surface area contributed by atoms with Crippen molar-refractivity contribution in [3.8, 4) is 11.5 Å². The van der Waals surface area contributed by atoms with Crippen molar-refractivity contribution in [2.75, 3.05) is 25.6 Å². The number of benzene rings is 2. The average Bonchev–Trinajstić information content (AvgIpc) is 2.70. The molecule has 8 heteroatoms. The second kappa shape index (κ2) is 9.96. The monoisotopic (exact) mass is 386 g/mol. The van der Waals surface area contributed by atoms with Crippen LogP contribution >= 0.6 is 0 Å². The smallest absolute Gasteiger partial charge is 0.338 e. The summed E-state index contributed by atoms with van der Waals surface area (Å²) in [4.78, 5) is 35.1. The van der Waals surface area contributed by atoms with Crippen molar-refractivity contribution in [1.82, 2.24) is 0 Å². The highest BCUT2D eigenvalue weighted by Gasteiger charge is 2.13. The molecule has 0 aliphatic rings. The van der Waals surface area contributed by atoms with Gasteiger partial charge in [0.25, 0.3) is 11.8 Å². The largest absolute Gasteiger partial charge is 0.493 e. The number of carbonyl (C=O) groups excluding carboxylic acids is 3. The maximum Gasteiger partial charge on any atom is 0.338 e. The highest BCUT2D eigenvalue weighted by molar-refractivity contribution is 6.04. The zero-order chi connectivity index (χ0) is 20.5. The highest BCUT2D eigenvalue weighted by atomic mass is 16.5. The first-order valence-corrected chi connectivity index (χ1v) is 8.62. The van der Waals surface area contributed by atoms with Gasteiger partial charge in [-0.1, -0.05) is 6.92 Å². The van der Waals surface area contributed by atoms with Crippen molar-refractivity contribution in [3.63, 3.8) is 0 Å². The van der Waals surface area contributed by atoms with Crippen LogP contribution in [-0.4, -0.2) is 38.1 Å². The first-order valence-electron chi connectivity index (χ1n) is 8.62. The molecule has 148 valence electrons. The van der Waals surface area contributed by atoms with Gasteiger partial charge in [0.2, 0.25) is 0 Å². The van der Waals surface area contributed by atoms with Gasteiger partial charge in [-0.3, -0.25) is 9.59 Å². The summed E-state index contributed by atoms with van der Waals surface area (Å²) in [5.74, 6) is -0.807. The van der Waals surface area contributed by atoms with Crippen LogP contribution in [0.1, 0.15) is 34.1 Å². The van der Waals surface area contributed by atoms with Crippen LogP contribution in [0.25, 0.3) is 0 Å². The Balaban J connectivity index is 2.05. The summed E-state index contributed by atoms with van der Waals surface area (Å²) in [6.07, 6.45) is 0.746. The Labute approximate surface area is 162 Å². The fourth-order valence-electron chi connectivity index (χ4n) is 2.25. The van der Waals surface area contributed by atoms with E-state index in [0.717, 1.165) is 6.42 Å². The van der Waals surface area contributed by atoms with E-state index in [1.165, 1.54) is 25.3 Å². The lowest BCUT2D eigenvalue weighted by atomic mass is 10.1. The number of methoxy groups -OCH3 is 1. The van der Waals surface area contributed by atoms with E-state index in [9.17, 15) is 14.4 Å². The summed E-state index contributed by atoms with van der Waals surface area (Å²) in [6.45, 7) is 1.98. The molecule has 0 aromatic heterocycles. The van der Waals surface area contributed by atoms with Gasteiger partial charge in [0, 0.05) is 11.3 Å². The zero-order valence-electron chi connectivity index (χ0n) is 15.7. The molecule has 0 heterocycles. The average molecular weight is 386 g/mol. The molecular formula is C20H22N2O6. The third-order valence-electron chi connectivity index (χ3n) is 3.61. The molecule has 0 unspecified atom stereocenters. The van der Waals surface area contributed by atoms with E-state index in [1.54, 1.807) is 24.3 Å². The molecular weight excluding hydrogens is 364 g/mol. The van der Waals surface area contributed by atoms with Crippen molar-refractivity contribution >= 4 is 23.5 Å². The topological polar surface area (TPSA) is 117 Å². The van der Waals surface area contributed by atoms with Crippen LogP contribution < -0.4 is 20.5 Å². The minimum Gasteiger partial charge on any atom is -0.493 e. The number of hydrogen-bond acceptors (Lipinski definition) is 6. The Bertz CT molecular complexity index is 848. The Morgan fingerprint density at radius 1 is 1.00 bits per heavy atom. The van der Waals surface area contributed by atoms with Crippen molar-refractivity contribution in [2.24, 2.45) is 5.73 Å². The van der Waals surface area contributed by atoms with Crippen LogP contribution in [-0.2, 0) is 9.53 Å². The summed E-state index contributed by atoms with van der Waals surface area (Å²) < 4.78 is 15.5. The standard InChI is InChI=1S/C20H22N2O6/c1-3-10-27-20(25)13-4-7-15(8-5-13)22-19(24)14-6-9-16(17(11-14)26-2)28-12-18(21)23/h4-9,11H,3,10,12H2,1-2H3,(H2,21,23)(H,22,24). The van der Waals surface area contributed by atoms with Gasteiger partial charge in [-0.05, 0) is 48.9 Å². The molecule has 0 radical (unpaired) electrons. The number of amides is 2. The summed E-state index contributed by atoms with van der Waals surface area (Å²) in [5, 5.41) is 2.73. The Morgan fingerprint density at radius 3 is 2.29 bits per heavy atom. The number of primary amides is 1. The maximum absolute atomic E-state index is 12.4. The number of ether oxygens (including phenoxy) is 3. The Hall–Kier alpha value is -3.55. The Morgan fingerprint density at radius 2 is 1.68 bits per heavy atom. The van der Waals surface area contributed by atoms with Crippen LogP contribution in [0, 0.1) is 0 Å². The molecule has 3 N–H and O–H groups in total. The van der Waals surface area contributed by atoms with Gasteiger partial charge in [0.1, 0.15) is 0 Å². The number of esters is 1. The minimum atomic E-state index is -0.620. The minimum absolute atomic E-state index is 0.294. The predicted octanol–water partition coefficient (Wildman–Crippen LogP) is 2.38. The molecule has 2 aromatic rings. The number of anilines is 1. The van der Waals surface area contributed by atoms with Crippen LogP contribution in [0.4, 0.5) is 5.69 Å². The van der Waals surface area contributed by atoms with Gasteiger partial charge in [-0.15, -0.1) is 0 Å². The lowest BCUT2D eigenvalue weighted by Crippen LogP contribution is -2.20. The first kappa shape index (κ1) is 20.8. The van der Waals surface area contributed by atoms with E-state index < -0.39 is 11.9 Å². The van der Waals surface area contributed by atoms with Gasteiger partial charge < -0.3 is 25.3 Å². The van der Waals surface area contributed by atoms with Gasteiger partial charge in [0.15, 0.2) is 18.1 Å². The number of carbonyl (C=O) groups is 3. The normalized spacial score (nSPS) is 10.1. The molecule has 2 rings (SSSR count). The third kappa shape index (κ3) is 5.73. The fraction of sp³-hybridized carbons (Fsp3) is 0.250.